The van der Waals surface area contributed by atoms with Crippen LogP contribution in [0.1, 0.15) is 53.0 Å². The van der Waals surface area contributed by atoms with Gasteiger partial charge < -0.3 is 29.9 Å². The van der Waals surface area contributed by atoms with Crippen LogP contribution in [0, 0.1) is 0 Å². The zero-order valence-electron chi connectivity index (χ0n) is 31.9. The number of fused-ring (bicyclic) bond motifs is 1. The molecule has 15 heteroatoms. The number of aromatic nitrogens is 6. The van der Waals surface area contributed by atoms with Crippen LogP contribution < -0.4 is 10.1 Å². The van der Waals surface area contributed by atoms with Crippen molar-refractivity contribution >= 4 is 34.0 Å². The fourth-order valence-electron chi connectivity index (χ4n) is 6.90. The highest BCUT2D eigenvalue weighted by atomic mass is 16.5. The van der Waals surface area contributed by atoms with Gasteiger partial charge in [-0.3, -0.25) is 14.7 Å². The van der Waals surface area contributed by atoms with E-state index >= 15 is 0 Å². The van der Waals surface area contributed by atoms with Crippen LogP contribution in [0.5, 0.6) is 5.88 Å². The van der Waals surface area contributed by atoms with Crippen molar-refractivity contribution in [3.8, 4) is 28.5 Å². The van der Waals surface area contributed by atoms with Gasteiger partial charge in [0, 0.05) is 67.8 Å². The lowest BCUT2D eigenvalue weighted by Crippen LogP contribution is -2.61. The van der Waals surface area contributed by atoms with E-state index in [2.05, 4.69) is 51.4 Å². The van der Waals surface area contributed by atoms with Crippen LogP contribution in [0.3, 0.4) is 0 Å². The molecule has 1 saturated heterocycles. The first kappa shape index (κ1) is 37.8. The Balaban J connectivity index is 0.987. The van der Waals surface area contributed by atoms with Crippen molar-refractivity contribution in [3.05, 3.63) is 78.8 Å². The number of anilines is 1. The number of pyridine rings is 1. The summed E-state index contributed by atoms with van der Waals surface area (Å²) >= 11 is 0. The summed E-state index contributed by atoms with van der Waals surface area (Å²) in [5.41, 5.74) is 4.03. The van der Waals surface area contributed by atoms with E-state index in [1.54, 1.807) is 30.7 Å². The number of aliphatic hydroxyl groups is 2. The van der Waals surface area contributed by atoms with Gasteiger partial charge in [-0.15, -0.1) is 0 Å². The van der Waals surface area contributed by atoms with Crippen molar-refractivity contribution in [1.29, 1.82) is 0 Å². The number of aromatic amines is 1. The van der Waals surface area contributed by atoms with E-state index in [0.29, 0.717) is 36.1 Å². The molecule has 2 aliphatic rings. The molecule has 15 nitrogen and oxygen atoms in total. The van der Waals surface area contributed by atoms with Gasteiger partial charge in [0.15, 0.2) is 11.4 Å². The zero-order valence-corrected chi connectivity index (χ0v) is 31.9. The summed E-state index contributed by atoms with van der Waals surface area (Å²) in [6.07, 6.45) is 5.99. The molecule has 1 fully saturated rings. The lowest BCUT2D eigenvalue weighted by atomic mass is 9.98. The predicted molar refractivity (Wildman–Crippen MR) is 206 cm³/mol. The number of benzene rings is 2. The second-order valence-corrected chi connectivity index (χ2v) is 15.3. The van der Waals surface area contributed by atoms with Gasteiger partial charge in [0.25, 0.3) is 11.8 Å². The first-order valence-electron chi connectivity index (χ1n) is 18.4. The summed E-state index contributed by atoms with van der Waals surface area (Å²) < 4.78 is 13.2. The molecule has 0 radical (unpaired) electrons. The number of nitrogens with zero attached hydrogens (tertiary/aromatic N) is 7. The van der Waals surface area contributed by atoms with E-state index in [1.165, 1.54) is 16.9 Å². The molecule has 3 aromatic heterocycles. The number of likely N-dealkylation sites (tertiary alicyclic amines) is 1. The molecule has 2 amide bonds. The molecular weight excluding hydrogens is 702 g/mol. The third kappa shape index (κ3) is 7.60. The summed E-state index contributed by atoms with van der Waals surface area (Å²) in [6, 6.07) is 17.0. The minimum absolute atomic E-state index is 0.00324. The summed E-state index contributed by atoms with van der Waals surface area (Å²) in [4.78, 5) is 38.8. The molecule has 1 unspecified atom stereocenters. The standard InChI is InChI=1S/C40H47N9O6/c1-25(2)55-33-14-11-29(22-41-33)34-31-21-30(12-13-32(31)44-45-34)43-36(50)39(54-6)17-20-48(23-39)40(52,53)37(51)47-18-15-27(16-19-47)26-7-9-28(10-8-26)35-42-24-49(46-35)38(3,4)5/h7-15,21-22,24-25,52-53H,16-20,23H2,1-6H3,(H,43,50)(H,44,45). The summed E-state index contributed by atoms with van der Waals surface area (Å²) in [5.74, 6) is -3.02. The Morgan fingerprint density at radius 2 is 1.73 bits per heavy atom. The molecule has 0 saturated carbocycles. The van der Waals surface area contributed by atoms with E-state index in [4.69, 9.17) is 9.47 Å². The van der Waals surface area contributed by atoms with Crippen LogP contribution in [0.25, 0.3) is 39.1 Å². The van der Waals surface area contributed by atoms with Gasteiger partial charge in [0.1, 0.15) is 12.0 Å². The number of H-pyrrole nitrogens is 1. The number of ether oxygens (including phenoxy) is 2. The molecule has 2 aliphatic heterocycles. The van der Waals surface area contributed by atoms with E-state index in [1.807, 2.05) is 61.0 Å². The quantitative estimate of drug-likeness (QED) is 0.148. The van der Waals surface area contributed by atoms with Crippen molar-refractivity contribution < 1.29 is 29.3 Å². The number of carbonyl (C=O) groups is 2. The van der Waals surface area contributed by atoms with E-state index in [9.17, 15) is 19.8 Å². The van der Waals surface area contributed by atoms with Crippen LogP contribution >= 0.6 is 0 Å². The molecule has 0 bridgehead atoms. The third-order valence-corrected chi connectivity index (χ3v) is 10.1. The normalized spacial score (nSPS) is 18.2. The Hall–Kier alpha value is -5.48. The highest BCUT2D eigenvalue weighted by molar-refractivity contribution is 6.01. The number of amides is 2. The number of rotatable bonds is 10. The molecule has 5 heterocycles. The molecule has 0 spiro atoms. The van der Waals surface area contributed by atoms with Gasteiger partial charge in [-0.05, 0) is 82.9 Å². The topological polar surface area (TPSA) is 184 Å². The van der Waals surface area contributed by atoms with Crippen molar-refractivity contribution in [1.82, 2.24) is 39.7 Å². The maximum atomic E-state index is 13.8. The Labute approximate surface area is 319 Å². The van der Waals surface area contributed by atoms with Crippen molar-refractivity contribution in [2.24, 2.45) is 0 Å². The zero-order chi connectivity index (χ0) is 39.1. The Morgan fingerprint density at radius 1 is 0.982 bits per heavy atom. The fraction of sp³-hybridized carbons (Fsp3) is 0.400. The molecule has 4 N–H and O–H groups in total. The summed E-state index contributed by atoms with van der Waals surface area (Å²) in [6.45, 7) is 10.4. The van der Waals surface area contributed by atoms with Crippen LogP contribution in [0.15, 0.2) is 73.2 Å². The van der Waals surface area contributed by atoms with Crippen LogP contribution in [-0.4, -0.2) is 113 Å². The number of carbonyl (C=O) groups excluding carboxylic acids is 2. The molecule has 2 aromatic carbocycles. The number of nitrogens with one attached hydrogen (secondary N) is 2. The van der Waals surface area contributed by atoms with Gasteiger partial charge in [0.05, 0.1) is 17.2 Å². The smallest absolute Gasteiger partial charge is 0.309 e. The predicted octanol–water partition coefficient (Wildman–Crippen LogP) is 4.41. The Morgan fingerprint density at radius 3 is 2.36 bits per heavy atom. The Bertz CT molecular complexity index is 2220. The summed E-state index contributed by atoms with van der Waals surface area (Å²) in [5, 5.41) is 38.3. The molecule has 55 heavy (non-hydrogen) atoms. The fourth-order valence-corrected chi connectivity index (χ4v) is 6.90. The average Bonchev–Trinajstić information content (AvgIpc) is 3.95. The van der Waals surface area contributed by atoms with Crippen LogP contribution in [-0.2, 0) is 19.9 Å². The maximum absolute atomic E-state index is 13.8. The molecule has 5 aromatic rings. The second kappa shape index (κ2) is 14.6. The van der Waals surface area contributed by atoms with Gasteiger partial charge in [-0.2, -0.15) is 10.2 Å². The number of hydrogen-bond acceptors (Lipinski definition) is 11. The van der Waals surface area contributed by atoms with E-state index in [0.717, 1.165) is 33.2 Å². The number of methoxy groups -OCH3 is 1. The molecular formula is C40H47N9O6. The lowest BCUT2D eigenvalue weighted by Gasteiger charge is -2.37. The molecule has 0 aliphatic carbocycles. The Kier molecular flexibility index (Phi) is 10.1. The third-order valence-electron chi connectivity index (χ3n) is 10.1. The van der Waals surface area contributed by atoms with E-state index in [-0.39, 0.29) is 37.7 Å². The summed E-state index contributed by atoms with van der Waals surface area (Å²) in [7, 11) is 1.40. The van der Waals surface area contributed by atoms with Crippen LogP contribution in [0.4, 0.5) is 5.69 Å². The molecule has 1 atom stereocenters. The van der Waals surface area contributed by atoms with Crippen molar-refractivity contribution in [2.75, 3.05) is 38.6 Å². The molecule has 288 valence electrons. The highest BCUT2D eigenvalue weighted by Crippen LogP contribution is 2.34. The highest BCUT2D eigenvalue weighted by Gasteiger charge is 2.54. The van der Waals surface area contributed by atoms with Gasteiger partial charge in [-0.25, -0.2) is 19.5 Å². The SMILES string of the molecule is COC1(C(=O)Nc2ccc3[nH]nc(-c4ccc(OC(C)C)nc4)c3c2)CCN(C(O)(O)C(=O)N2CC=C(c3ccc(-c4ncn(C(C)(C)C)n4)cc3)CC2)C1. The van der Waals surface area contributed by atoms with Crippen LogP contribution in [0.2, 0.25) is 0 Å². The van der Waals surface area contributed by atoms with Gasteiger partial charge in [0.2, 0.25) is 5.88 Å². The van der Waals surface area contributed by atoms with Crippen molar-refractivity contribution in [2.45, 2.75) is 70.6 Å². The minimum Gasteiger partial charge on any atom is -0.475 e. The lowest BCUT2D eigenvalue weighted by molar-refractivity contribution is -0.255. The van der Waals surface area contributed by atoms with E-state index < -0.39 is 23.3 Å². The van der Waals surface area contributed by atoms with Gasteiger partial charge >= 0.3 is 5.91 Å². The monoisotopic (exact) mass is 749 g/mol. The minimum atomic E-state index is -2.84. The van der Waals surface area contributed by atoms with Crippen molar-refractivity contribution in [3.63, 3.8) is 0 Å². The second-order valence-electron chi connectivity index (χ2n) is 15.3. The first-order chi connectivity index (χ1) is 26.2. The maximum Gasteiger partial charge on any atom is 0.309 e. The molecule has 7 rings (SSSR count). The largest absolute Gasteiger partial charge is 0.475 e. The van der Waals surface area contributed by atoms with Gasteiger partial charge in [-0.1, -0.05) is 30.3 Å². The first-order valence-corrected chi connectivity index (χ1v) is 18.4. The number of hydrogen-bond donors (Lipinski definition) is 4. The average molecular weight is 750 g/mol.